The summed E-state index contributed by atoms with van der Waals surface area (Å²) in [6.07, 6.45) is 1.80. The number of carbonyl (C=O) groups is 2. The Bertz CT molecular complexity index is 1060. The first-order chi connectivity index (χ1) is 14.0. The number of anilines is 2. The molecule has 0 bridgehead atoms. The topological polar surface area (TPSA) is 84.4 Å². The largest absolute Gasteiger partial charge is 0.495 e. The lowest BCUT2D eigenvalue weighted by molar-refractivity contribution is -0.122. The SMILES string of the molecule is COc1ccc(Cl)cc1N1CC(C(=O)Nc2nc(-c3ccccn3)cs2)CC1=O. The molecule has 3 aromatic rings. The van der Waals surface area contributed by atoms with Crippen molar-refractivity contribution in [2.75, 3.05) is 23.9 Å². The maximum absolute atomic E-state index is 12.7. The number of thiazole rings is 1. The van der Waals surface area contributed by atoms with Gasteiger partial charge in [0.05, 0.1) is 24.4 Å². The van der Waals surface area contributed by atoms with Crippen LogP contribution in [0.1, 0.15) is 6.42 Å². The molecule has 1 saturated heterocycles. The molecule has 148 valence electrons. The maximum Gasteiger partial charge on any atom is 0.231 e. The highest BCUT2D eigenvalue weighted by Gasteiger charge is 2.36. The summed E-state index contributed by atoms with van der Waals surface area (Å²) in [6.45, 7) is 0.250. The molecule has 9 heteroatoms. The molecule has 1 N–H and O–H groups in total. The van der Waals surface area contributed by atoms with Crippen LogP contribution >= 0.6 is 22.9 Å². The smallest absolute Gasteiger partial charge is 0.231 e. The number of nitrogens with zero attached hydrogens (tertiary/aromatic N) is 3. The Morgan fingerprint density at radius 2 is 2.17 bits per heavy atom. The van der Waals surface area contributed by atoms with E-state index in [1.807, 2.05) is 23.6 Å². The van der Waals surface area contributed by atoms with Crippen molar-refractivity contribution in [3.05, 3.63) is 53.0 Å². The monoisotopic (exact) mass is 428 g/mol. The maximum atomic E-state index is 12.7. The minimum atomic E-state index is -0.492. The van der Waals surface area contributed by atoms with Gasteiger partial charge in [-0.1, -0.05) is 17.7 Å². The number of carbonyl (C=O) groups excluding carboxylic acids is 2. The van der Waals surface area contributed by atoms with Crippen molar-refractivity contribution in [3.8, 4) is 17.1 Å². The average molecular weight is 429 g/mol. The third kappa shape index (κ3) is 4.08. The molecule has 1 atom stereocenters. The molecule has 1 aromatic carbocycles. The van der Waals surface area contributed by atoms with Crippen LogP contribution in [0.15, 0.2) is 48.0 Å². The van der Waals surface area contributed by atoms with Gasteiger partial charge < -0.3 is 15.0 Å². The van der Waals surface area contributed by atoms with E-state index in [0.717, 1.165) is 5.69 Å². The van der Waals surface area contributed by atoms with E-state index >= 15 is 0 Å². The van der Waals surface area contributed by atoms with Crippen molar-refractivity contribution in [2.24, 2.45) is 5.92 Å². The molecule has 1 aliphatic rings. The fourth-order valence-corrected chi connectivity index (χ4v) is 4.03. The molecular formula is C20H17ClN4O3S. The Labute approximate surface area is 176 Å². The molecule has 1 fully saturated rings. The number of rotatable bonds is 5. The van der Waals surface area contributed by atoms with Crippen molar-refractivity contribution in [2.45, 2.75) is 6.42 Å². The van der Waals surface area contributed by atoms with Crippen molar-refractivity contribution in [1.82, 2.24) is 9.97 Å². The summed E-state index contributed by atoms with van der Waals surface area (Å²) in [5.41, 5.74) is 1.99. The van der Waals surface area contributed by atoms with Gasteiger partial charge in [-0.15, -0.1) is 11.3 Å². The minimum Gasteiger partial charge on any atom is -0.495 e. The van der Waals surface area contributed by atoms with E-state index in [1.54, 1.807) is 24.4 Å². The lowest BCUT2D eigenvalue weighted by Gasteiger charge is -2.19. The van der Waals surface area contributed by atoms with Gasteiger partial charge in [0, 0.05) is 29.6 Å². The van der Waals surface area contributed by atoms with Gasteiger partial charge in [0.1, 0.15) is 11.4 Å². The predicted molar refractivity (Wildman–Crippen MR) is 112 cm³/mol. The number of aromatic nitrogens is 2. The van der Waals surface area contributed by atoms with Gasteiger partial charge in [-0.2, -0.15) is 0 Å². The normalized spacial score (nSPS) is 16.1. The van der Waals surface area contributed by atoms with E-state index in [9.17, 15) is 9.59 Å². The quantitative estimate of drug-likeness (QED) is 0.667. The summed E-state index contributed by atoms with van der Waals surface area (Å²) >= 11 is 7.39. The number of pyridine rings is 1. The zero-order valence-corrected chi connectivity index (χ0v) is 17.0. The lowest BCUT2D eigenvalue weighted by Crippen LogP contribution is -2.28. The molecule has 0 radical (unpaired) electrons. The Kier molecular flexibility index (Phi) is 5.46. The standard InChI is InChI=1S/C20H17ClN4O3S/c1-28-17-6-5-13(21)9-16(17)25-10-12(8-18(25)26)19(27)24-20-23-15(11-29-20)14-4-2-3-7-22-14/h2-7,9,11-12H,8,10H2,1H3,(H,23,24,27). The van der Waals surface area contributed by atoms with Gasteiger partial charge in [0.25, 0.3) is 0 Å². The molecule has 3 heterocycles. The first-order valence-corrected chi connectivity index (χ1v) is 10.1. The molecule has 1 unspecified atom stereocenters. The van der Waals surface area contributed by atoms with Gasteiger partial charge in [0.15, 0.2) is 5.13 Å². The van der Waals surface area contributed by atoms with Crippen LogP contribution in [0.2, 0.25) is 5.02 Å². The van der Waals surface area contributed by atoms with Crippen molar-refractivity contribution >= 4 is 45.6 Å². The Hall–Kier alpha value is -2.97. The molecule has 1 aliphatic heterocycles. The molecule has 0 spiro atoms. The average Bonchev–Trinajstić information content (AvgIpc) is 3.35. The second-order valence-electron chi connectivity index (χ2n) is 6.46. The summed E-state index contributed by atoms with van der Waals surface area (Å²) in [5, 5.41) is 5.61. The summed E-state index contributed by atoms with van der Waals surface area (Å²) < 4.78 is 5.33. The van der Waals surface area contributed by atoms with Gasteiger partial charge >= 0.3 is 0 Å². The summed E-state index contributed by atoms with van der Waals surface area (Å²) in [4.78, 5) is 35.5. The minimum absolute atomic E-state index is 0.111. The Morgan fingerprint density at radius 1 is 1.31 bits per heavy atom. The first-order valence-electron chi connectivity index (χ1n) is 8.87. The molecular weight excluding hydrogens is 412 g/mol. The molecule has 0 saturated carbocycles. The molecule has 2 aromatic heterocycles. The number of halogens is 1. The van der Waals surface area contributed by atoms with E-state index < -0.39 is 5.92 Å². The summed E-state index contributed by atoms with van der Waals surface area (Å²) in [5.74, 6) is -0.361. The van der Waals surface area contributed by atoms with Crippen LogP contribution in [0.3, 0.4) is 0 Å². The van der Waals surface area contributed by atoms with Crippen LogP contribution < -0.4 is 15.0 Å². The molecule has 7 nitrogen and oxygen atoms in total. The van der Waals surface area contributed by atoms with Crippen LogP contribution in [-0.4, -0.2) is 35.4 Å². The van der Waals surface area contributed by atoms with Crippen molar-refractivity contribution in [3.63, 3.8) is 0 Å². The Balaban J connectivity index is 1.46. The molecule has 0 aliphatic carbocycles. The number of hydrogen-bond donors (Lipinski definition) is 1. The fraction of sp³-hybridized carbons (Fsp3) is 0.200. The van der Waals surface area contributed by atoms with Crippen molar-refractivity contribution in [1.29, 1.82) is 0 Å². The van der Waals surface area contributed by atoms with Crippen LogP contribution in [0.4, 0.5) is 10.8 Å². The number of amides is 2. The molecule has 4 rings (SSSR count). The van der Waals surface area contributed by atoms with Crippen LogP contribution in [0.25, 0.3) is 11.4 Å². The zero-order valence-electron chi connectivity index (χ0n) is 15.5. The van der Waals surface area contributed by atoms with Gasteiger partial charge in [-0.25, -0.2) is 4.98 Å². The van der Waals surface area contributed by atoms with E-state index in [1.165, 1.54) is 23.3 Å². The highest BCUT2D eigenvalue weighted by molar-refractivity contribution is 7.14. The second-order valence-corrected chi connectivity index (χ2v) is 7.76. The number of hydrogen-bond acceptors (Lipinski definition) is 6. The third-order valence-corrected chi connectivity index (χ3v) is 5.58. The third-order valence-electron chi connectivity index (χ3n) is 4.59. The fourth-order valence-electron chi connectivity index (χ4n) is 3.16. The predicted octanol–water partition coefficient (Wildman–Crippen LogP) is 3.86. The van der Waals surface area contributed by atoms with Crippen LogP contribution in [0, 0.1) is 5.92 Å². The summed E-state index contributed by atoms with van der Waals surface area (Å²) in [6, 6.07) is 10.6. The summed E-state index contributed by atoms with van der Waals surface area (Å²) in [7, 11) is 1.53. The lowest BCUT2D eigenvalue weighted by atomic mass is 10.1. The van der Waals surface area contributed by atoms with Gasteiger partial charge in [-0.3, -0.25) is 14.6 Å². The van der Waals surface area contributed by atoms with Crippen molar-refractivity contribution < 1.29 is 14.3 Å². The highest BCUT2D eigenvalue weighted by Crippen LogP contribution is 2.35. The van der Waals surface area contributed by atoms with Gasteiger partial charge in [-0.05, 0) is 30.3 Å². The zero-order chi connectivity index (χ0) is 20.4. The van der Waals surface area contributed by atoms with E-state index in [-0.39, 0.29) is 24.8 Å². The molecule has 2 amide bonds. The van der Waals surface area contributed by atoms with E-state index in [4.69, 9.17) is 16.3 Å². The second kappa shape index (κ2) is 8.18. The number of ether oxygens (including phenoxy) is 1. The number of methoxy groups -OCH3 is 1. The number of nitrogens with one attached hydrogen (secondary N) is 1. The highest BCUT2D eigenvalue weighted by atomic mass is 35.5. The van der Waals surface area contributed by atoms with E-state index in [0.29, 0.717) is 27.3 Å². The van der Waals surface area contributed by atoms with E-state index in [2.05, 4.69) is 15.3 Å². The van der Waals surface area contributed by atoms with Crippen LogP contribution in [-0.2, 0) is 9.59 Å². The van der Waals surface area contributed by atoms with Gasteiger partial charge in [0.2, 0.25) is 11.8 Å². The van der Waals surface area contributed by atoms with Crippen LogP contribution in [0.5, 0.6) is 5.75 Å². The Morgan fingerprint density at radius 3 is 2.93 bits per heavy atom. The number of benzene rings is 1. The first kappa shape index (κ1) is 19.4. The molecule has 29 heavy (non-hydrogen) atoms.